The van der Waals surface area contributed by atoms with E-state index in [-0.39, 0.29) is 5.54 Å². The zero-order valence-electron chi connectivity index (χ0n) is 18.7. The maximum atomic E-state index is 6.60. The Labute approximate surface area is 190 Å². The highest BCUT2D eigenvalue weighted by atomic mass is 35.5. The summed E-state index contributed by atoms with van der Waals surface area (Å²) in [7, 11) is 1.77. The number of hydrogen-bond acceptors (Lipinski definition) is 2. The lowest BCUT2D eigenvalue weighted by Crippen LogP contribution is -2.53. The van der Waals surface area contributed by atoms with Gasteiger partial charge in [-0.05, 0) is 73.9 Å². The van der Waals surface area contributed by atoms with Gasteiger partial charge in [-0.1, -0.05) is 65.7 Å². The third-order valence-corrected chi connectivity index (χ3v) is 7.39. The summed E-state index contributed by atoms with van der Waals surface area (Å²) in [6.07, 6.45) is 9.05. The molecule has 0 spiro atoms. The van der Waals surface area contributed by atoms with Crippen LogP contribution in [0.5, 0.6) is 5.75 Å². The molecule has 3 aliphatic rings. The standard InChI is InChI=1S/C28H30ClNO/c1-17-16-28(2,3)30-23-13-12-21-26-19(9-7-11-24(26)31-4)15-20(27(21)25(17)23)14-18-8-5-6-10-22(18)29/h5-13,16,20,23,25,30H,14-15H2,1-4H3. The van der Waals surface area contributed by atoms with Crippen LogP contribution in [0.2, 0.25) is 5.02 Å². The van der Waals surface area contributed by atoms with Crippen molar-refractivity contribution < 1.29 is 4.74 Å². The molecule has 160 valence electrons. The smallest absolute Gasteiger partial charge is 0.126 e. The highest BCUT2D eigenvalue weighted by Crippen LogP contribution is 2.50. The SMILES string of the molecule is COc1cccc2c1C1=C(C(Cc3ccccc3Cl)C2)C2C(C)=CC(C)(C)NC2C=C1. The lowest BCUT2D eigenvalue weighted by molar-refractivity contribution is 0.340. The second-order valence-corrected chi connectivity index (χ2v) is 10.1. The van der Waals surface area contributed by atoms with Crippen molar-refractivity contribution in [3.63, 3.8) is 0 Å². The largest absolute Gasteiger partial charge is 0.496 e. The van der Waals surface area contributed by atoms with Crippen molar-refractivity contribution in [3.05, 3.63) is 93.6 Å². The Morgan fingerprint density at radius 2 is 1.94 bits per heavy atom. The molecule has 3 atom stereocenters. The third-order valence-electron chi connectivity index (χ3n) is 7.03. The fraction of sp³-hybridized carbons (Fsp3) is 0.357. The van der Waals surface area contributed by atoms with E-state index in [1.54, 1.807) is 7.11 Å². The minimum Gasteiger partial charge on any atom is -0.496 e. The average molecular weight is 432 g/mol. The van der Waals surface area contributed by atoms with Crippen molar-refractivity contribution in [2.24, 2.45) is 11.8 Å². The second-order valence-electron chi connectivity index (χ2n) is 9.68. The van der Waals surface area contributed by atoms with Crippen molar-refractivity contribution >= 4 is 17.2 Å². The Bertz CT molecular complexity index is 1120. The van der Waals surface area contributed by atoms with Gasteiger partial charge in [-0.15, -0.1) is 0 Å². The number of halogens is 1. The van der Waals surface area contributed by atoms with E-state index in [1.807, 2.05) is 12.1 Å². The molecule has 0 bridgehead atoms. The van der Waals surface area contributed by atoms with Crippen LogP contribution in [0.25, 0.3) is 5.57 Å². The number of rotatable bonds is 3. The molecule has 0 aromatic heterocycles. The van der Waals surface area contributed by atoms with Crippen LogP contribution in [-0.4, -0.2) is 18.7 Å². The molecule has 0 saturated heterocycles. The number of nitrogens with one attached hydrogen (secondary N) is 1. The highest BCUT2D eigenvalue weighted by Gasteiger charge is 2.42. The van der Waals surface area contributed by atoms with Crippen LogP contribution in [0.3, 0.4) is 0 Å². The van der Waals surface area contributed by atoms with Crippen LogP contribution >= 0.6 is 11.6 Å². The van der Waals surface area contributed by atoms with Gasteiger partial charge in [-0.3, -0.25) is 0 Å². The molecule has 1 N–H and O–H groups in total. The van der Waals surface area contributed by atoms with Crippen LogP contribution in [0, 0.1) is 11.8 Å². The summed E-state index contributed by atoms with van der Waals surface area (Å²) in [4.78, 5) is 0. The van der Waals surface area contributed by atoms with Gasteiger partial charge in [0.25, 0.3) is 0 Å². The Hall–Kier alpha value is -2.29. The van der Waals surface area contributed by atoms with Gasteiger partial charge >= 0.3 is 0 Å². The molecular weight excluding hydrogens is 402 g/mol. The van der Waals surface area contributed by atoms with E-state index in [9.17, 15) is 0 Å². The Morgan fingerprint density at radius 1 is 1.13 bits per heavy atom. The first kappa shape index (κ1) is 20.6. The van der Waals surface area contributed by atoms with Crippen LogP contribution in [0.1, 0.15) is 37.5 Å². The van der Waals surface area contributed by atoms with Gasteiger partial charge in [0.15, 0.2) is 0 Å². The lowest BCUT2D eigenvalue weighted by Gasteiger charge is -2.46. The number of allylic oxidation sites excluding steroid dienone is 2. The van der Waals surface area contributed by atoms with Gasteiger partial charge < -0.3 is 10.1 Å². The zero-order chi connectivity index (χ0) is 21.8. The fourth-order valence-electron chi connectivity index (χ4n) is 5.97. The molecule has 0 radical (unpaired) electrons. The summed E-state index contributed by atoms with van der Waals surface area (Å²) in [5, 5.41) is 4.71. The molecule has 1 heterocycles. The third kappa shape index (κ3) is 3.56. The molecule has 2 aromatic rings. The summed E-state index contributed by atoms with van der Waals surface area (Å²) in [6, 6.07) is 15.0. The average Bonchev–Trinajstić information content (AvgIpc) is 2.73. The van der Waals surface area contributed by atoms with E-state index >= 15 is 0 Å². The van der Waals surface area contributed by atoms with Gasteiger partial charge in [-0.2, -0.15) is 0 Å². The number of methoxy groups -OCH3 is 1. The van der Waals surface area contributed by atoms with E-state index < -0.39 is 0 Å². The molecule has 0 saturated carbocycles. The van der Waals surface area contributed by atoms with E-state index in [1.165, 1.54) is 33.4 Å². The van der Waals surface area contributed by atoms with E-state index in [2.05, 4.69) is 74.6 Å². The summed E-state index contributed by atoms with van der Waals surface area (Å²) < 4.78 is 5.81. The molecule has 2 aromatic carbocycles. The molecule has 2 nitrogen and oxygen atoms in total. The quantitative estimate of drug-likeness (QED) is 0.567. The van der Waals surface area contributed by atoms with Crippen LogP contribution < -0.4 is 10.1 Å². The first-order valence-corrected chi connectivity index (χ1v) is 11.5. The number of fused-ring (bicyclic) bond motifs is 4. The van der Waals surface area contributed by atoms with Crippen molar-refractivity contribution in [1.82, 2.24) is 5.32 Å². The zero-order valence-corrected chi connectivity index (χ0v) is 19.5. The molecule has 1 aliphatic heterocycles. The second kappa shape index (κ2) is 7.69. The topological polar surface area (TPSA) is 21.3 Å². The maximum Gasteiger partial charge on any atom is 0.126 e. The maximum absolute atomic E-state index is 6.60. The first-order chi connectivity index (χ1) is 14.9. The first-order valence-electron chi connectivity index (χ1n) is 11.2. The summed E-state index contributed by atoms with van der Waals surface area (Å²) in [5.41, 5.74) is 8.17. The Balaban J connectivity index is 1.69. The summed E-state index contributed by atoms with van der Waals surface area (Å²) in [6.45, 7) is 6.81. The van der Waals surface area contributed by atoms with Gasteiger partial charge in [0.1, 0.15) is 5.75 Å². The van der Waals surface area contributed by atoms with E-state index in [4.69, 9.17) is 16.3 Å². The van der Waals surface area contributed by atoms with Crippen molar-refractivity contribution in [2.45, 2.75) is 45.2 Å². The fourth-order valence-corrected chi connectivity index (χ4v) is 6.18. The predicted molar refractivity (Wildman–Crippen MR) is 130 cm³/mol. The monoisotopic (exact) mass is 431 g/mol. The Morgan fingerprint density at radius 3 is 2.71 bits per heavy atom. The predicted octanol–water partition coefficient (Wildman–Crippen LogP) is 6.40. The van der Waals surface area contributed by atoms with Crippen molar-refractivity contribution in [1.29, 1.82) is 0 Å². The Kier molecular flexibility index (Phi) is 5.11. The van der Waals surface area contributed by atoms with Crippen molar-refractivity contribution in [2.75, 3.05) is 7.11 Å². The molecule has 0 amide bonds. The molecular formula is C28H30ClNO. The number of hydrogen-bond donors (Lipinski definition) is 1. The van der Waals surface area contributed by atoms with E-state index in [0.29, 0.717) is 17.9 Å². The molecule has 31 heavy (non-hydrogen) atoms. The molecule has 3 unspecified atom stereocenters. The van der Waals surface area contributed by atoms with Crippen LogP contribution in [-0.2, 0) is 12.8 Å². The normalized spacial score (nSPS) is 26.0. The summed E-state index contributed by atoms with van der Waals surface area (Å²) >= 11 is 6.60. The van der Waals surface area contributed by atoms with Crippen LogP contribution in [0.4, 0.5) is 0 Å². The summed E-state index contributed by atoms with van der Waals surface area (Å²) in [5.74, 6) is 1.73. The van der Waals surface area contributed by atoms with Crippen LogP contribution in [0.15, 0.2) is 71.8 Å². The van der Waals surface area contributed by atoms with Gasteiger partial charge in [0.2, 0.25) is 0 Å². The number of ether oxygens (including phenoxy) is 1. The molecule has 2 aliphatic carbocycles. The minimum absolute atomic E-state index is 0.00382. The van der Waals surface area contributed by atoms with E-state index in [0.717, 1.165) is 23.6 Å². The molecule has 5 rings (SSSR count). The van der Waals surface area contributed by atoms with Gasteiger partial charge in [0.05, 0.1) is 7.11 Å². The van der Waals surface area contributed by atoms with Gasteiger partial charge in [0, 0.05) is 28.1 Å². The van der Waals surface area contributed by atoms with Crippen molar-refractivity contribution in [3.8, 4) is 5.75 Å². The van der Waals surface area contributed by atoms with Gasteiger partial charge in [-0.25, -0.2) is 0 Å². The number of benzene rings is 2. The minimum atomic E-state index is -0.00382. The molecule has 0 fully saturated rings. The lowest BCUT2D eigenvalue weighted by atomic mass is 9.64. The highest BCUT2D eigenvalue weighted by molar-refractivity contribution is 6.31. The molecule has 3 heteroatoms.